The van der Waals surface area contributed by atoms with Crippen molar-refractivity contribution in [1.29, 1.82) is 0 Å². The van der Waals surface area contributed by atoms with E-state index in [1.807, 2.05) is 18.2 Å². The quantitative estimate of drug-likeness (QED) is 0.775. The maximum Gasteiger partial charge on any atom is 0.326 e. The molecular formula is C15H22N2O4. The average Bonchev–Trinajstić information content (AvgIpc) is 2.41. The molecule has 0 saturated heterocycles. The van der Waals surface area contributed by atoms with E-state index in [1.54, 1.807) is 33.9 Å². The van der Waals surface area contributed by atoms with Gasteiger partial charge in [0.15, 0.2) is 0 Å². The van der Waals surface area contributed by atoms with E-state index in [0.717, 1.165) is 5.56 Å². The topological polar surface area (TPSA) is 87.7 Å². The maximum atomic E-state index is 11.8. The largest absolute Gasteiger partial charge is 0.497 e. The molecule has 0 aliphatic heterocycles. The highest BCUT2D eigenvalue weighted by Gasteiger charge is 2.32. The molecule has 0 aromatic heterocycles. The SMILES string of the molecule is COc1cccc(CNC(=O)NC(C(=O)O)C(C)(C)C)c1. The second-order valence-electron chi connectivity index (χ2n) is 5.82. The number of carbonyl (C=O) groups is 2. The van der Waals surface area contributed by atoms with Crippen LogP contribution in [0, 0.1) is 5.41 Å². The lowest BCUT2D eigenvalue weighted by Crippen LogP contribution is -2.52. The van der Waals surface area contributed by atoms with Gasteiger partial charge >= 0.3 is 12.0 Å². The van der Waals surface area contributed by atoms with Crippen LogP contribution in [0.5, 0.6) is 5.75 Å². The first-order valence-corrected chi connectivity index (χ1v) is 6.64. The summed E-state index contributed by atoms with van der Waals surface area (Å²) < 4.78 is 5.10. The Hall–Kier alpha value is -2.24. The fraction of sp³-hybridized carbons (Fsp3) is 0.467. The van der Waals surface area contributed by atoms with Crippen LogP contribution in [0.3, 0.4) is 0 Å². The van der Waals surface area contributed by atoms with Crippen molar-refractivity contribution in [2.24, 2.45) is 5.41 Å². The molecule has 0 bridgehead atoms. The molecule has 0 aliphatic carbocycles. The van der Waals surface area contributed by atoms with E-state index in [4.69, 9.17) is 9.84 Å². The molecule has 0 heterocycles. The highest BCUT2D eigenvalue weighted by Crippen LogP contribution is 2.19. The number of carbonyl (C=O) groups excluding carboxylic acids is 1. The lowest BCUT2D eigenvalue weighted by molar-refractivity contribution is -0.141. The van der Waals surface area contributed by atoms with Crippen LogP contribution in [0.15, 0.2) is 24.3 Å². The minimum atomic E-state index is -1.06. The van der Waals surface area contributed by atoms with E-state index in [9.17, 15) is 9.59 Å². The van der Waals surface area contributed by atoms with Gasteiger partial charge in [-0.3, -0.25) is 0 Å². The van der Waals surface area contributed by atoms with Gasteiger partial charge in [0.1, 0.15) is 11.8 Å². The number of urea groups is 1. The van der Waals surface area contributed by atoms with Crippen LogP contribution >= 0.6 is 0 Å². The molecule has 1 aromatic rings. The molecular weight excluding hydrogens is 272 g/mol. The van der Waals surface area contributed by atoms with Gasteiger partial charge in [0.05, 0.1) is 7.11 Å². The number of nitrogens with one attached hydrogen (secondary N) is 2. The number of carboxylic acids is 1. The lowest BCUT2D eigenvalue weighted by Gasteiger charge is -2.27. The molecule has 0 fully saturated rings. The molecule has 2 amide bonds. The van der Waals surface area contributed by atoms with Crippen molar-refractivity contribution in [2.75, 3.05) is 7.11 Å². The van der Waals surface area contributed by atoms with Crippen LogP contribution in [-0.2, 0) is 11.3 Å². The van der Waals surface area contributed by atoms with Crippen molar-refractivity contribution in [3.05, 3.63) is 29.8 Å². The number of hydrogen-bond acceptors (Lipinski definition) is 3. The summed E-state index contributed by atoms with van der Waals surface area (Å²) in [7, 11) is 1.57. The van der Waals surface area contributed by atoms with E-state index in [2.05, 4.69) is 10.6 Å². The number of methoxy groups -OCH3 is 1. The normalized spacial score (nSPS) is 12.4. The molecule has 1 aromatic carbocycles. The summed E-state index contributed by atoms with van der Waals surface area (Å²) in [5, 5.41) is 14.3. The molecule has 6 nitrogen and oxygen atoms in total. The van der Waals surface area contributed by atoms with Crippen LogP contribution < -0.4 is 15.4 Å². The Morgan fingerprint density at radius 2 is 2.00 bits per heavy atom. The third-order valence-corrected chi connectivity index (χ3v) is 2.98. The second kappa shape index (κ2) is 6.97. The van der Waals surface area contributed by atoms with E-state index in [0.29, 0.717) is 12.3 Å². The summed E-state index contributed by atoms with van der Waals surface area (Å²) in [5.74, 6) is -0.355. The van der Waals surface area contributed by atoms with E-state index in [-0.39, 0.29) is 0 Å². The van der Waals surface area contributed by atoms with Crippen molar-refractivity contribution in [3.8, 4) is 5.75 Å². The molecule has 1 atom stereocenters. The van der Waals surface area contributed by atoms with Gasteiger partial charge in [-0.2, -0.15) is 0 Å². The van der Waals surface area contributed by atoms with Crippen LogP contribution in [0.1, 0.15) is 26.3 Å². The molecule has 116 valence electrons. The zero-order valence-corrected chi connectivity index (χ0v) is 12.8. The fourth-order valence-electron chi connectivity index (χ4n) is 1.80. The molecule has 0 radical (unpaired) electrons. The van der Waals surface area contributed by atoms with E-state index < -0.39 is 23.5 Å². The smallest absolute Gasteiger partial charge is 0.326 e. The number of ether oxygens (including phenoxy) is 1. The lowest BCUT2D eigenvalue weighted by atomic mass is 9.87. The predicted molar refractivity (Wildman–Crippen MR) is 79.2 cm³/mol. The monoisotopic (exact) mass is 294 g/mol. The van der Waals surface area contributed by atoms with E-state index in [1.165, 1.54) is 0 Å². The third kappa shape index (κ3) is 5.33. The Bertz CT molecular complexity index is 509. The van der Waals surface area contributed by atoms with Gasteiger partial charge in [-0.25, -0.2) is 9.59 Å². The minimum Gasteiger partial charge on any atom is -0.497 e. The summed E-state index contributed by atoms with van der Waals surface area (Å²) in [5.41, 5.74) is 0.297. The fourth-order valence-corrected chi connectivity index (χ4v) is 1.80. The van der Waals surface area contributed by atoms with Gasteiger partial charge in [-0.05, 0) is 23.1 Å². The maximum absolute atomic E-state index is 11.8. The molecule has 0 aliphatic rings. The first-order valence-electron chi connectivity index (χ1n) is 6.64. The number of benzene rings is 1. The molecule has 3 N–H and O–H groups in total. The Kier molecular flexibility index (Phi) is 5.58. The summed E-state index contributed by atoms with van der Waals surface area (Å²) in [6.45, 7) is 5.57. The second-order valence-corrected chi connectivity index (χ2v) is 5.82. The van der Waals surface area contributed by atoms with Gasteiger partial charge in [0.2, 0.25) is 0 Å². The van der Waals surface area contributed by atoms with Crippen molar-refractivity contribution in [1.82, 2.24) is 10.6 Å². The van der Waals surface area contributed by atoms with Crippen LogP contribution in [0.25, 0.3) is 0 Å². The third-order valence-electron chi connectivity index (χ3n) is 2.98. The zero-order valence-electron chi connectivity index (χ0n) is 12.8. The van der Waals surface area contributed by atoms with Gasteiger partial charge in [0.25, 0.3) is 0 Å². The van der Waals surface area contributed by atoms with Crippen molar-refractivity contribution in [3.63, 3.8) is 0 Å². The molecule has 6 heteroatoms. The molecule has 1 unspecified atom stereocenters. The Balaban J connectivity index is 2.59. The number of amides is 2. The Morgan fingerprint density at radius 3 is 2.52 bits per heavy atom. The predicted octanol–water partition coefficient (Wildman–Crippen LogP) is 1.99. The first-order chi connectivity index (χ1) is 9.74. The van der Waals surface area contributed by atoms with Crippen LogP contribution in [-0.4, -0.2) is 30.3 Å². The summed E-state index contributed by atoms with van der Waals surface area (Å²) in [6, 6.07) is 5.81. The van der Waals surface area contributed by atoms with Gasteiger partial charge in [-0.1, -0.05) is 32.9 Å². The number of aliphatic carboxylic acids is 1. The summed E-state index contributed by atoms with van der Waals surface area (Å²) in [4.78, 5) is 23.0. The van der Waals surface area contributed by atoms with Crippen molar-refractivity contribution >= 4 is 12.0 Å². The Morgan fingerprint density at radius 1 is 1.33 bits per heavy atom. The first kappa shape index (κ1) is 16.8. The van der Waals surface area contributed by atoms with Gasteiger partial charge in [0, 0.05) is 6.54 Å². The summed E-state index contributed by atoms with van der Waals surface area (Å²) >= 11 is 0. The van der Waals surface area contributed by atoms with Gasteiger partial charge in [-0.15, -0.1) is 0 Å². The molecule has 0 spiro atoms. The molecule has 1 rings (SSSR count). The Labute approximate surface area is 124 Å². The van der Waals surface area contributed by atoms with Gasteiger partial charge < -0.3 is 20.5 Å². The highest BCUT2D eigenvalue weighted by atomic mass is 16.5. The number of carboxylic acid groups (broad SMARTS) is 1. The van der Waals surface area contributed by atoms with Crippen LogP contribution in [0.2, 0.25) is 0 Å². The standard InChI is InChI=1S/C15H22N2O4/c1-15(2,3)12(13(18)19)17-14(20)16-9-10-6-5-7-11(8-10)21-4/h5-8,12H,9H2,1-4H3,(H,18,19)(H2,16,17,20). The zero-order chi connectivity index (χ0) is 16.0. The average molecular weight is 294 g/mol. The highest BCUT2D eigenvalue weighted by molar-refractivity contribution is 5.83. The number of hydrogen-bond donors (Lipinski definition) is 3. The van der Waals surface area contributed by atoms with Crippen LogP contribution in [0.4, 0.5) is 4.79 Å². The van der Waals surface area contributed by atoms with Crippen molar-refractivity contribution < 1.29 is 19.4 Å². The summed E-state index contributed by atoms with van der Waals surface area (Å²) in [6.07, 6.45) is 0. The number of rotatable bonds is 5. The molecule has 0 saturated carbocycles. The molecule has 21 heavy (non-hydrogen) atoms. The van der Waals surface area contributed by atoms with E-state index >= 15 is 0 Å². The minimum absolute atomic E-state index is 0.291. The van der Waals surface area contributed by atoms with Crippen molar-refractivity contribution in [2.45, 2.75) is 33.4 Å².